The summed E-state index contributed by atoms with van der Waals surface area (Å²) in [5.74, 6) is -16.3. The quantitative estimate of drug-likeness (QED) is 0.247. The average molecular weight is 427 g/mol. The van der Waals surface area contributed by atoms with E-state index in [4.69, 9.17) is 4.74 Å². The largest absolute Gasteiger partial charge is 0.450 e. The first-order valence-corrected chi connectivity index (χ1v) is 8.11. The molecule has 0 radical (unpaired) electrons. The highest BCUT2D eigenvalue weighted by Crippen LogP contribution is 2.29. The molecule has 7 nitrogen and oxygen atoms in total. The molecular weight excluding hydrogens is 409 g/mol. The van der Waals surface area contributed by atoms with E-state index in [-0.39, 0.29) is 6.54 Å². The number of halogens is 5. The van der Waals surface area contributed by atoms with E-state index in [1.165, 1.54) is 0 Å². The fraction of sp³-hybridized carbons (Fsp3) is 0.471. The number of benzene rings is 1. The van der Waals surface area contributed by atoms with E-state index in [9.17, 15) is 36.3 Å². The topological polar surface area (TPSA) is 90.9 Å². The van der Waals surface area contributed by atoms with Crippen LogP contribution in [0.5, 0.6) is 5.75 Å². The molecule has 0 spiro atoms. The van der Waals surface area contributed by atoms with Crippen molar-refractivity contribution in [3.8, 4) is 5.75 Å². The number of carbonyl (C=O) groups is 3. The van der Waals surface area contributed by atoms with E-state index < -0.39 is 71.0 Å². The lowest BCUT2D eigenvalue weighted by atomic mass is 10.2. The molecule has 29 heavy (non-hydrogen) atoms. The number of nitrogens with one attached hydrogen (secondary N) is 1. The molecule has 0 saturated heterocycles. The second kappa shape index (κ2) is 9.52. The zero-order chi connectivity index (χ0) is 22.5. The number of alkyl carbamates (subject to hydrolysis) is 1. The van der Waals surface area contributed by atoms with Crippen molar-refractivity contribution in [1.82, 2.24) is 5.32 Å². The lowest BCUT2D eigenvalue weighted by Crippen LogP contribution is -2.37. The zero-order valence-corrected chi connectivity index (χ0v) is 15.8. The Bertz CT molecular complexity index is 779. The predicted molar refractivity (Wildman–Crippen MR) is 86.3 cm³/mol. The van der Waals surface area contributed by atoms with Gasteiger partial charge in [0.05, 0.1) is 0 Å². The standard InChI is InChI=1S/C17H18F5NO6/c1-7(24)27-8(5-6-23-16(26)29-17(2,3)4)15(25)28-14-12(21)10(19)9(18)11(20)13(14)22/h8H,5-6H2,1-4H3,(H,23,26). The Balaban J connectivity index is 2.91. The van der Waals surface area contributed by atoms with Crippen LogP contribution < -0.4 is 10.1 Å². The molecule has 0 saturated carbocycles. The normalized spacial score (nSPS) is 12.2. The van der Waals surface area contributed by atoms with E-state index in [0.29, 0.717) is 0 Å². The van der Waals surface area contributed by atoms with Gasteiger partial charge >= 0.3 is 18.0 Å². The highest BCUT2D eigenvalue weighted by atomic mass is 19.2. The number of esters is 2. The number of hydrogen-bond donors (Lipinski definition) is 1. The summed E-state index contributed by atoms with van der Waals surface area (Å²) < 4.78 is 80.5. The summed E-state index contributed by atoms with van der Waals surface area (Å²) in [6.07, 6.45) is -3.11. The number of amides is 1. The van der Waals surface area contributed by atoms with Crippen LogP contribution >= 0.6 is 0 Å². The summed E-state index contributed by atoms with van der Waals surface area (Å²) >= 11 is 0. The average Bonchev–Trinajstić information content (AvgIpc) is 2.59. The maximum Gasteiger partial charge on any atom is 0.407 e. The Hall–Kier alpha value is -2.92. The molecule has 1 unspecified atom stereocenters. The van der Waals surface area contributed by atoms with Crippen molar-refractivity contribution in [2.75, 3.05) is 6.54 Å². The minimum atomic E-state index is -2.43. The molecule has 1 aromatic rings. The zero-order valence-electron chi connectivity index (χ0n) is 15.8. The monoisotopic (exact) mass is 427 g/mol. The Morgan fingerprint density at radius 2 is 1.41 bits per heavy atom. The third kappa shape index (κ3) is 6.88. The van der Waals surface area contributed by atoms with Crippen LogP contribution in [0.25, 0.3) is 0 Å². The van der Waals surface area contributed by atoms with Gasteiger partial charge in [0.1, 0.15) is 5.60 Å². The molecule has 162 valence electrons. The van der Waals surface area contributed by atoms with Gasteiger partial charge in [-0.15, -0.1) is 0 Å². The van der Waals surface area contributed by atoms with E-state index >= 15 is 0 Å². The third-order valence-electron chi connectivity index (χ3n) is 3.02. The number of rotatable bonds is 6. The van der Waals surface area contributed by atoms with Gasteiger partial charge in [0.25, 0.3) is 0 Å². The molecule has 1 aromatic carbocycles. The van der Waals surface area contributed by atoms with Crippen LogP contribution in [0.3, 0.4) is 0 Å². The van der Waals surface area contributed by atoms with E-state index in [1.807, 2.05) is 0 Å². The molecule has 1 atom stereocenters. The van der Waals surface area contributed by atoms with Crippen LogP contribution in [0.15, 0.2) is 0 Å². The summed E-state index contributed by atoms with van der Waals surface area (Å²) in [5, 5.41) is 2.23. The number of ether oxygens (including phenoxy) is 3. The molecule has 0 aliphatic carbocycles. The SMILES string of the molecule is CC(=O)OC(CCNC(=O)OC(C)(C)C)C(=O)Oc1c(F)c(F)c(F)c(F)c1F. The van der Waals surface area contributed by atoms with Gasteiger partial charge in [0.2, 0.25) is 40.9 Å². The van der Waals surface area contributed by atoms with Gasteiger partial charge in [-0.1, -0.05) is 0 Å². The molecule has 1 amide bonds. The predicted octanol–water partition coefficient (Wildman–Crippen LogP) is 3.13. The van der Waals surface area contributed by atoms with Gasteiger partial charge < -0.3 is 19.5 Å². The molecule has 0 aliphatic heterocycles. The minimum Gasteiger partial charge on any atom is -0.450 e. The van der Waals surface area contributed by atoms with Crippen molar-refractivity contribution in [3.63, 3.8) is 0 Å². The molecule has 0 bridgehead atoms. The van der Waals surface area contributed by atoms with Gasteiger partial charge in [-0.3, -0.25) is 4.79 Å². The molecule has 0 aromatic heterocycles. The van der Waals surface area contributed by atoms with Crippen LogP contribution in [0.2, 0.25) is 0 Å². The van der Waals surface area contributed by atoms with Crippen LogP contribution in [-0.4, -0.2) is 36.3 Å². The minimum absolute atomic E-state index is 0.306. The maximum absolute atomic E-state index is 13.6. The van der Waals surface area contributed by atoms with Crippen LogP contribution in [-0.2, 0) is 19.1 Å². The van der Waals surface area contributed by atoms with Gasteiger partial charge in [0, 0.05) is 19.9 Å². The lowest BCUT2D eigenvalue weighted by Gasteiger charge is -2.20. The molecule has 0 fully saturated rings. The summed E-state index contributed by atoms with van der Waals surface area (Å²) in [4.78, 5) is 34.7. The molecule has 12 heteroatoms. The van der Waals surface area contributed by atoms with Crippen molar-refractivity contribution in [2.45, 2.75) is 45.8 Å². The van der Waals surface area contributed by atoms with Crippen LogP contribution in [0.1, 0.15) is 34.1 Å². The van der Waals surface area contributed by atoms with Crippen LogP contribution in [0.4, 0.5) is 26.7 Å². The van der Waals surface area contributed by atoms with Crippen LogP contribution in [0, 0.1) is 29.1 Å². The van der Waals surface area contributed by atoms with Gasteiger partial charge in [-0.25, -0.2) is 22.8 Å². The van der Waals surface area contributed by atoms with Crippen molar-refractivity contribution in [2.24, 2.45) is 0 Å². The Morgan fingerprint density at radius 3 is 1.86 bits per heavy atom. The van der Waals surface area contributed by atoms with Gasteiger partial charge in [-0.2, -0.15) is 8.78 Å². The summed E-state index contributed by atoms with van der Waals surface area (Å²) in [5.41, 5.74) is -0.815. The van der Waals surface area contributed by atoms with E-state index in [2.05, 4.69) is 14.8 Å². The van der Waals surface area contributed by atoms with Gasteiger partial charge in [0.15, 0.2) is 0 Å². The van der Waals surface area contributed by atoms with Crippen molar-refractivity contribution in [1.29, 1.82) is 0 Å². The first kappa shape index (κ1) is 24.1. The molecule has 0 aliphatic rings. The molecule has 1 rings (SSSR count). The molecule has 0 heterocycles. The number of hydrogen-bond acceptors (Lipinski definition) is 6. The summed E-state index contributed by atoms with van der Waals surface area (Å²) in [6.45, 7) is 5.38. The highest BCUT2D eigenvalue weighted by molar-refractivity contribution is 5.80. The van der Waals surface area contributed by atoms with E-state index in [0.717, 1.165) is 6.92 Å². The molecular formula is C17H18F5NO6. The lowest BCUT2D eigenvalue weighted by molar-refractivity contribution is -0.161. The van der Waals surface area contributed by atoms with Crippen molar-refractivity contribution >= 4 is 18.0 Å². The number of carbonyl (C=O) groups excluding carboxylic acids is 3. The Morgan fingerprint density at radius 1 is 0.931 bits per heavy atom. The second-order valence-electron chi connectivity index (χ2n) is 6.64. The molecule has 1 N–H and O–H groups in total. The first-order chi connectivity index (χ1) is 13.2. The van der Waals surface area contributed by atoms with Crippen molar-refractivity contribution < 1.29 is 50.5 Å². The Labute approximate surface area is 162 Å². The Kier molecular flexibility index (Phi) is 7.92. The van der Waals surface area contributed by atoms with E-state index in [1.54, 1.807) is 20.8 Å². The van der Waals surface area contributed by atoms with Crippen molar-refractivity contribution in [3.05, 3.63) is 29.1 Å². The maximum atomic E-state index is 13.6. The highest BCUT2D eigenvalue weighted by Gasteiger charge is 2.32. The summed E-state index contributed by atoms with van der Waals surface area (Å²) in [7, 11) is 0. The fourth-order valence-corrected chi connectivity index (χ4v) is 1.89. The third-order valence-corrected chi connectivity index (χ3v) is 3.02. The summed E-state index contributed by atoms with van der Waals surface area (Å²) in [6, 6.07) is 0. The first-order valence-electron chi connectivity index (χ1n) is 8.11. The second-order valence-corrected chi connectivity index (χ2v) is 6.64. The van der Waals surface area contributed by atoms with Gasteiger partial charge in [-0.05, 0) is 20.8 Å². The fourth-order valence-electron chi connectivity index (χ4n) is 1.89. The smallest absolute Gasteiger partial charge is 0.407 e.